The predicted molar refractivity (Wildman–Crippen MR) is 103 cm³/mol. The zero-order valence-corrected chi connectivity index (χ0v) is 15.4. The highest BCUT2D eigenvalue weighted by atomic mass is 16.5. The first-order valence-electron chi connectivity index (χ1n) is 9.71. The van der Waals surface area contributed by atoms with Crippen LogP contribution in [0, 0.1) is 0 Å². The number of ether oxygens (including phenoxy) is 1. The van der Waals surface area contributed by atoms with E-state index in [2.05, 4.69) is 50.9 Å². The number of nitrogens with zero attached hydrogens (tertiary/aromatic N) is 2. The van der Waals surface area contributed by atoms with Crippen molar-refractivity contribution >= 4 is 5.96 Å². The summed E-state index contributed by atoms with van der Waals surface area (Å²) >= 11 is 0. The predicted octanol–water partition coefficient (Wildman–Crippen LogP) is 2.56. The summed E-state index contributed by atoms with van der Waals surface area (Å²) in [6.45, 7) is 4.46. The number of aliphatic imine (C=N–C) groups is 1. The van der Waals surface area contributed by atoms with Crippen molar-refractivity contribution in [1.82, 2.24) is 15.5 Å². The molecular formula is C20H32N4O. The Bertz CT molecular complexity index is 522. The first kappa shape index (κ1) is 18.2. The summed E-state index contributed by atoms with van der Waals surface area (Å²) in [6, 6.07) is 11.7. The molecule has 0 radical (unpaired) electrons. The third kappa shape index (κ3) is 5.44. The van der Waals surface area contributed by atoms with Crippen LogP contribution in [-0.4, -0.2) is 56.8 Å². The van der Waals surface area contributed by atoms with Crippen LogP contribution in [0.5, 0.6) is 0 Å². The highest BCUT2D eigenvalue weighted by Crippen LogP contribution is 2.21. The Morgan fingerprint density at radius 2 is 1.88 bits per heavy atom. The second-order valence-electron chi connectivity index (χ2n) is 7.01. The van der Waals surface area contributed by atoms with Crippen LogP contribution in [0.25, 0.3) is 0 Å². The summed E-state index contributed by atoms with van der Waals surface area (Å²) in [5.41, 5.74) is 1.35. The lowest BCUT2D eigenvalue weighted by Crippen LogP contribution is -2.48. The number of morpholine rings is 1. The van der Waals surface area contributed by atoms with Crippen LogP contribution >= 0.6 is 0 Å². The van der Waals surface area contributed by atoms with E-state index in [1.54, 1.807) is 0 Å². The molecular weight excluding hydrogens is 312 g/mol. The zero-order valence-electron chi connectivity index (χ0n) is 15.4. The first-order valence-corrected chi connectivity index (χ1v) is 9.71. The molecule has 1 atom stereocenters. The van der Waals surface area contributed by atoms with Gasteiger partial charge in [0, 0.05) is 32.7 Å². The SMILES string of the molecule is CN=C(NCC(c1ccccc1)N1CCOCC1)NC1CCCCC1. The Kier molecular flexibility index (Phi) is 7.12. The summed E-state index contributed by atoms with van der Waals surface area (Å²) in [4.78, 5) is 6.96. The van der Waals surface area contributed by atoms with Gasteiger partial charge in [-0.25, -0.2) is 0 Å². The van der Waals surface area contributed by atoms with Crippen molar-refractivity contribution < 1.29 is 4.74 Å². The maximum absolute atomic E-state index is 5.53. The Morgan fingerprint density at radius 1 is 1.16 bits per heavy atom. The van der Waals surface area contributed by atoms with Crippen molar-refractivity contribution in [2.24, 2.45) is 4.99 Å². The number of rotatable bonds is 5. The lowest BCUT2D eigenvalue weighted by Gasteiger charge is -2.35. The molecule has 0 bridgehead atoms. The molecule has 1 saturated carbocycles. The quantitative estimate of drug-likeness (QED) is 0.637. The number of hydrogen-bond donors (Lipinski definition) is 2. The molecule has 5 heteroatoms. The molecule has 1 saturated heterocycles. The van der Waals surface area contributed by atoms with Gasteiger partial charge < -0.3 is 15.4 Å². The van der Waals surface area contributed by atoms with Gasteiger partial charge in [-0.05, 0) is 18.4 Å². The molecule has 1 aliphatic carbocycles. The lowest BCUT2D eigenvalue weighted by molar-refractivity contribution is 0.0170. The fraction of sp³-hybridized carbons (Fsp3) is 0.650. The largest absolute Gasteiger partial charge is 0.379 e. The fourth-order valence-electron chi connectivity index (χ4n) is 3.85. The Labute approximate surface area is 151 Å². The van der Waals surface area contributed by atoms with E-state index in [0.29, 0.717) is 12.1 Å². The third-order valence-electron chi connectivity index (χ3n) is 5.30. The maximum Gasteiger partial charge on any atom is 0.191 e. The van der Waals surface area contributed by atoms with Crippen molar-refractivity contribution in [2.75, 3.05) is 39.9 Å². The average Bonchev–Trinajstić information content (AvgIpc) is 2.69. The smallest absolute Gasteiger partial charge is 0.191 e. The number of nitrogens with one attached hydrogen (secondary N) is 2. The number of benzene rings is 1. The van der Waals surface area contributed by atoms with Crippen LogP contribution < -0.4 is 10.6 Å². The minimum atomic E-state index is 0.343. The van der Waals surface area contributed by atoms with Gasteiger partial charge in [0.05, 0.1) is 19.3 Å². The molecule has 0 aromatic heterocycles. The van der Waals surface area contributed by atoms with Crippen LogP contribution in [0.4, 0.5) is 0 Å². The fourth-order valence-corrected chi connectivity index (χ4v) is 3.85. The van der Waals surface area contributed by atoms with Crippen LogP contribution in [-0.2, 0) is 4.74 Å². The van der Waals surface area contributed by atoms with Crippen LogP contribution in [0.3, 0.4) is 0 Å². The van der Waals surface area contributed by atoms with E-state index in [4.69, 9.17) is 4.74 Å². The molecule has 3 rings (SSSR count). The van der Waals surface area contributed by atoms with Crippen molar-refractivity contribution in [3.63, 3.8) is 0 Å². The molecule has 1 aliphatic heterocycles. The summed E-state index contributed by atoms with van der Waals surface area (Å²) in [7, 11) is 1.87. The zero-order chi connectivity index (χ0) is 17.3. The highest BCUT2D eigenvalue weighted by Gasteiger charge is 2.23. The number of guanidine groups is 1. The molecule has 1 aromatic carbocycles. The summed E-state index contributed by atoms with van der Waals surface area (Å²) < 4.78 is 5.53. The van der Waals surface area contributed by atoms with Gasteiger partial charge in [0.15, 0.2) is 5.96 Å². The van der Waals surface area contributed by atoms with E-state index in [-0.39, 0.29) is 0 Å². The molecule has 138 valence electrons. The molecule has 25 heavy (non-hydrogen) atoms. The minimum Gasteiger partial charge on any atom is -0.379 e. The summed E-state index contributed by atoms with van der Waals surface area (Å²) in [6.07, 6.45) is 6.54. The van der Waals surface area contributed by atoms with E-state index < -0.39 is 0 Å². The van der Waals surface area contributed by atoms with Gasteiger partial charge in [-0.2, -0.15) is 0 Å². The second kappa shape index (κ2) is 9.78. The average molecular weight is 345 g/mol. The van der Waals surface area contributed by atoms with E-state index in [1.165, 1.54) is 37.7 Å². The van der Waals surface area contributed by atoms with Gasteiger partial charge >= 0.3 is 0 Å². The normalized spacial score (nSPS) is 21.7. The Balaban J connectivity index is 1.60. The summed E-state index contributed by atoms with van der Waals surface area (Å²) in [5.74, 6) is 0.932. The van der Waals surface area contributed by atoms with Gasteiger partial charge in [-0.1, -0.05) is 49.6 Å². The Hall–Kier alpha value is -1.59. The molecule has 1 aromatic rings. The Morgan fingerprint density at radius 3 is 2.56 bits per heavy atom. The molecule has 0 amide bonds. The van der Waals surface area contributed by atoms with Crippen LogP contribution in [0.2, 0.25) is 0 Å². The van der Waals surface area contributed by atoms with E-state index >= 15 is 0 Å². The highest BCUT2D eigenvalue weighted by molar-refractivity contribution is 5.80. The molecule has 0 spiro atoms. The standard InChI is InChI=1S/C20H32N4O/c1-21-20(23-18-10-6-3-7-11-18)22-16-19(17-8-4-2-5-9-17)24-12-14-25-15-13-24/h2,4-5,8-9,18-19H,3,6-7,10-16H2,1H3,(H2,21,22,23). The third-order valence-corrected chi connectivity index (χ3v) is 5.30. The topological polar surface area (TPSA) is 48.9 Å². The summed E-state index contributed by atoms with van der Waals surface area (Å²) in [5, 5.41) is 7.18. The first-order chi connectivity index (χ1) is 12.4. The van der Waals surface area contributed by atoms with Gasteiger partial charge in [0.25, 0.3) is 0 Å². The van der Waals surface area contributed by atoms with Crippen molar-refractivity contribution in [1.29, 1.82) is 0 Å². The number of hydrogen-bond acceptors (Lipinski definition) is 3. The van der Waals surface area contributed by atoms with E-state index in [1.807, 2.05) is 7.05 Å². The van der Waals surface area contributed by atoms with Gasteiger partial charge in [-0.15, -0.1) is 0 Å². The van der Waals surface area contributed by atoms with Gasteiger partial charge in [-0.3, -0.25) is 9.89 Å². The molecule has 2 fully saturated rings. The van der Waals surface area contributed by atoms with Crippen molar-refractivity contribution in [3.8, 4) is 0 Å². The van der Waals surface area contributed by atoms with E-state index in [9.17, 15) is 0 Å². The van der Waals surface area contributed by atoms with Crippen LogP contribution in [0.1, 0.15) is 43.7 Å². The maximum atomic E-state index is 5.53. The minimum absolute atomic E-state index is 0.343. The van der Waals surface area contributed by atoms with Crippen molar-refractivity contribution in [3.05, 3.63) is 35.9 Å². The van der Waals surface area contributed by atoms with Crippen molar-refractivity contribution in [2.45, 2.75) is 44.2 Å². The molecule has 1 heterocycles. The molecule has 5 nitrogen and oxygen atoms in total. The molecule has 2 aliphatic rings. The van der Waals surface area contributed by atoms with E-state index in [0.717, 1.165) is 38.8 Å². The molecule has 2 N–H and O–H groups in total. The monoisotopic (exact) mass is 344 g/mol. The molecule has 1 unspecified atom stereocenters. The van der Waals surface area contributed by atoms with Gasteiger partial charge in [0.2, 0.25) is 0 Å². The second-order valence-corrected chi connectivity index (χ2v) is 7.01. The lowest BCUT2D eigenvalue weighted by atomic mass is 9.96. The van der Waals surface area contributed by atoms with Gasteiger partial charge in [0.1, 0.15) is 0 Å². The van der Waals surface area contributed by atoms with Crippen LogP contribution in [0.15, 0.2) is 35.3 Å².